The van der Waals surface area contributed by atoms with E-state index in [2.05, 4.69) is 10.3 Å². The van der Waals surface area contributed by atoms with E-state index >= 15 is 0 Å². The van der Waals surface area contributed by atoms with Crippen LogP contribution in [-0.2, 0) is 0 Å². The molecule has 1 unspecified atom stereocenters. The van der Waals surface area contributed by atoms with Gasteiger partial charge in [-0.15, -0.1) is 0 Å². The molecule has 0 amide bonds. The van der Waals surface area contributed by atoms with Gasteiger partial charge in [0, 0.05) is 25.8 Å². The summed E-state index contributed by atoms with van der Waals surface area (Å²) in [5.41, 5.74) is 0. The monoisotopic (exact) mass is 195 g/mol. The molecule has 1 saturated heterocycles. The molecule has 1 aliphatic heterocycles. The van der Waals surface area contributed by atoms with Crippen LogP contribution in [-0.4, -0.2) is 31.2 Å². The minimum Gasteiger partial charge on any atom is -0.353 e. The van der Waals surface area contributed by atoms with E-state index in [0.29, 0.717) is 11.9 Å². The van der Waals surface area contributed by atoms with Crippen molar-refractivity contribution in [1.82, 2.24) is 10.3 Å². The molecule has 76 valence electrons. The maximum absolute atomic E-state index is 13.4. The van der Waals surface area contributed by atoms with Gasteiger partial charge in [-0.05, 0) is 25.1 Å². The van der Waals surface area contributed by atoms with Gasteiger partial charge in [-0.25, -0.2) is 9.37 Å². The number of nitrogens with zero attached hydrogens (tertiary/aromatic N) is 2. The molecule has 0 saturated carbocycles. The molecule has 1 aromatic heterocycles. The van der Waals surface area contributed by atoms with Crippen LogP contribution in [0.25, 0.3) is 0 Å². The lowest BCUT2D eigenvalue weighted by atomic mass is 10.2. The first-order valence-electron chi connectivity index (χ1n) is 4.83. The Labute approximate surface area is 82.9 Å². The van der Waals surface area contributed by atoms with Crippen molar-refractivity contribution in [2.45, 2.75) is 12.5 Å². The van der Waals surface area contributed by atoms with Gasteiger partial charge in [-0.1, -0.05) is 0 Å². The van der Waals surface area contributed by atoms with Crippen LogP contribution < -0.4 is 10.2 Å². The lowest BCUT2D eigenvalue weighted by Gasteiger charge is -2.24. The zero-order valence-corrected chi connectivity index (χ0v) is 8.20. The van der Waals surface area contributed by atoms with Gasteiger partial charge in [-0.2, -0.15) is 0 Å². The van der Waals surface area contributed by atoms with Crippen LogP contribution in [0.3, 0.4) is 0 Å². The van der Waals surface area contributed by atoms with Crippen LogP contribution in [0.4, 0.5) is 10.2 Å². The molecule has 1 N–H and O–H groups in total. The van der Waals surface area contributed by atoms with E-state index < -0.39 is 0 Å². The summed E-state index contributed by atoms with van der Waals surface area (Å²) in [7, 11) is 1.89. The molecule has 2 rings (SSSR count). The van der Waals surface area contributed by atoms with Crippen molar-refractivity contribution < 1.29 is 4.39 Å². The van der Waals surface area contributed by atoms with E-state index in [1.54, 1.807) is 12.3 Å². The first-order valence-corrected chi connectivity index (χ1v) is 4.83. The van der Waals surface area contributed by atoms with Gasteiger partial charge in [0.2, 0.25) is 0 Å². The highest BCUT2D eigenvalue weighted by atomic mass is 19.1. The second-order valence-corrected chi connectivity index (χ2v) is 3.57. The first kappa shape index (κ1) is 9.40. The summed E-state index contributed by atoms with van der Waals surface area (Å²) >= 11 is 0. The molecule has 1 fully saturated rings. The molecule has 1 atom stereocenters. The summed E-state index contributed by atoms with van der Waals surface area (Å²) in [5.74, 6) is 0.197. The van der Waals surface area contributed by atoms with Crippen molar-refractivity contribution in [3.05, 3.63) is 24.1 Å². The number of rotatable bonds is 2. The number of hydrogen-bond acceptors (Lipinski definition) is 3. The van der Waals surface area contributed by atoms with Crippen LogP contribution in [0.1, 0.15) is 6.42 Å². The molecule has 0 aromatic carbocycles. The number of aromatic nitrogens is 1. The fraction of sp³-hybridized carbons (Fsp3) is 0.500. The van der Waals surface area contributed by atoms with Crippen molar-refractivity contribution in [3.8, 4) is 0 Å². The second-order valence-electron chi connectivity index (χ2n) is 3.57. The van der Waals surface area contributed by atoms with Crippen molar-refractivity contribution >= 4 is 5.82 Å². The minimum atomic E-state index is -0.248. The highest BCUT2D eigenvalue weighted by Crippen LogP contribution is 2.18. The predicted octanol–water partition coefficient (Wildman–Crippen LogP) is 1.02. The predicted molar refractivity (Wildman–Crippen MR) is 53.9 cm³/mol. The Morgan fingerprint density at radius 3 is 3.14 bits per heavy atom. The molecule has 0 spiro atoms. The smallest absolute Gasteiger partial charge is 0.165 e. The van der Waals surface area contributed by atoms with Crippen LogP contribution in [0.5, 0.6) is 0 Å². The Hall–Kier alpha value is -1.16. The van der Waals surface area contributed by atoms with Crippen LogP contribution >= 0.6 is 0 Å². The van der Waals surface area contributed by atoms with E-state index in [1.165, 1.54) is 6.07 Å². The Bertz CT molecular complexity index is 310. The van der Waals surface area contributed by atoms with Gasteiger partial charge in [0.15, 0.2) is 11.6 Å². The normalized spacial score (nSPS) is 21.1. The topological polar surface area (TPSA) is 28.2 Å². The highest BCUT2D eigenvalue weighted by molar-refractivity contribution is 5.40. The lowest BCUT2D eigenvalue weighted by molar-refractivity contribution is 0.595. The van der Waals surface area contributed by atoms with Crippen molar-refractivity contribution in [3.63, 3.8) is 0 Å². The third-order valence-electron chi connectivity index (χ3n) is 2.66. The van der Waals surface area contributed by atoms with Gasteiger partial charge in [0.05, 0.1) is 0 Å². The fourth-order valence-corrected chi connectivity index (χ4v) is 1.78. The van der Waals surface area contributed by atoms with Crippen molar-refractivity contribution in [2.75, 3.05) is 25.0 Å². The third-order valence-corrected chi connectivity index (χ3v) is 2.66. The van der Waals surface area contributed by atoms with Gasteiger partial charge < -0.3 is 10.2 Å². The number of hydrogen-bond donors (Lipinski definition) is 1. The van der Waals surface area contributed by atoms with E-state index in [0.717, 1.165) is 19.5 Å². The fourth-order valence-electron chi connectivity index (χ4n) is 1.78. The van der Waals surface area contributed by atoms with Gasteiger partial charge in [0.25, 0.3) is 0 Å². The molecule has 2 heterocycles. The summed E-state index contributed by atoms with van der Waals surface area (Å²) in [5, 5.41) is 3.25. The summed E-state index contributed by atoms with van der Waals surface area (Å²) in [6.07, 6.45) is 2.67. The average Bonchev–Trinajstić information content (AvgIpc) is 2.70. The summed E-state index contributed by atoms with van der Waals surface area (Å²) < 4.78 is 13.4. The van der Waals surface area contributed by atoms with Crippen LogP contribution in [0.15, 0.2) is 18.3 Å². The number of pyridine rings is 1. The molecular formula is C10H14FN3. The minimum absolute atomic E-state index is 0.248. The van der Waals surface area contributed by atoms with Gasteiger partial charge in [0.1, 0.15) is 0 Å². The van der Waals surface area contributed by atoms with Crippen LogP contribution in [0, 0.1) is 5.82 Å². The Kier molecular flexibility index (Phi) is 2.63. The zero-order valence-electron chi connectivity index (χ0n) is 8.20. The molecule has 1 aromatic rings. The molecular weight excluding hydrogens is 181 g/mol. The molecule has 1 aliphatic rings. The standard InChI is InChI=1S/C10H14FN3/c1-14(8-4-6-12-7-8)10-9(11)3-2-5-13-10/h2-3,5,8,12H,4,6-7H2,1H3. The first-order chi connectivity index (χ1) is 6.79. The van der Waals surface area contributed by atoms with E-state index in [-0.39, 0.29) is 5.82 Å². The highest BCUT2D eigenvalue weighted by Gasteiger charge is 2.21. The maximum atomic E-state index is 13.4. The molecule has 14 heavy (non-hydrogen) atoms. The quantitative estimate of drug-likeness (QED) is 0.763. The molecule has 0 bridgehead atoms. The van der Waals surface area contributed by atoms with Gasteiger partial charge in [-0.3, -0.25) is 0 Å². The van der Waals surface area contributed by atoms with E-state index in [4.69, 9.17) is 0 Å². The molecule has 4 heteroatoms. The summed E-state index contributed by atoms with van der Waals surface area (Å²) in [4.78, 5) is 5.96. The number of anilines is 1. The van der Waals surface area contributed by atoms with E-state index in [9.17, 15) is 4.39 Å². The Morgan fingerprint density at radius 2 is 2.50 bits per heavy atom. The lowest BCUT2D eigenvalue weighted by Crippen LogP contribution is -2.34. The SMILES string of the molecule is CN(c1ncccc1F)C1CCNC1. The van der Waals surface area contributed by atoms with Crippen molar-refractivity contribution in [2.24, 2.45) is 0 Å². The average molecular weight is 195 g/mol. The summed E-state index contributed by atoms with van der Waals surface area (Å²) in [6.45, 7) is 1.91. The number of halogens is 1. The molecule has 0 aliphatic carbocycles. The largest absolute Gasteiger partial charge is 0.353 e. The van der Waals surface area contributed by atoms with E-state index in [1.807, 2.05) is 11.9 Å². The zero-order chi connectivity index (χ0) is 9.97. The number of nitrogens with one attached hydrogen (secondary N) is 1. The maximum Gasteiger partial charge on any atom is 0.165 e. The number of likely N-dealkylation sites (N-methyl/N-ethyl adjacent to an activating group) is 1. The van der Waals surface area contributed by atoms with Crippen molar-refractivity contribution in [1.29, 1.82) is 0 Å². The van der Waals surface area contributed by atoms with Gasteiger partial charge >= 0.3 is 0 Å². The Balaban J connectivity index is 2.17. The van der Waals surface area contributed by atoms with Crippen LogP contribution in [0.2, 0.25) is 0 Å². The Morgan fingerprint density at radius 1 is 1.64 bits per heavy atom. The third kappa shape index (κ3) is 1.70. The summed E-state index contributed by atoms with van der Waals surface area (Å²) in [6, 6.07) is 3.42. The molecule has 0 radical (unpaired) electrons. The molecule has 3 nitrogen and oxygen atoms in total. The second kappa shape index (κ2) is 3.92.